The van der Waals surface area contributed by atoms with Crippen molar-refractivity contribution in [2.45, 2.75) is 37.9 Å². The van der Waals surface area contributed by atoms with Gasteiger partial charge in [0.05, 0.1) is 12.0 Å². The fourth-order valence-corrected chi connectivity index (χ4v) is 4.72. The molecule has 1 fully saturated rings. The molecule has 13 heteroatoms. The van der Waals surface area contributed by atoms with Crippen LogP contribution in [0.2, 0.25) is 0 Å². The van der Waals surface area contributed by atoms with Gasteiger partial charge >= 0.3 is 0 Å². The number of carbonyl (C=O) groups is 1. The Balaban J connectivity index is 1.40. The molecule has 1 saturated heterocycles. The number of piperidine rings is 1. The fraction of sp³-hybridized carbons (Fsp3) is 0.391. The Hall–Kier alpha value is -3.90. The van der Waals surface area contributed by atoms with Crippen LogP contribution in [0.1, 0.15) is 58.8 Å². The number of oxazole rings is 2. The Labute approximate surface area is 201 Å². The maximum Gasteiger partial charge on any atom is 0.298 e. The molecule has 2 aliphatic heterocycles. The van der Waals surface area contributed by atoms with E-state index in [1.54, 1.807) is 11.0 Å². The topological polar surface area (TPSA) is 104 Å². The molecular weight excluding hydrogens is 484 g/mol. The average molecular weight is 504 g/mol. The first-order chi connectivity index (χ1) is 17.4. The Kier molecular flexibility index (Phi) is 5.41. The van der Waals surface area contributed by atoms with Crippen molar-refractivity contribution in [3.05, 3.63) is 59.1 Å². The van der Waals surface area contributed by atoms with E-state index in [0.29, 0.717) is 17.8 Å². The number of hydrogen-bond donors (Lipinski definition) is 1. The maximum atomic E-state index is 14.3. The van der Waals surface area contributed by atoms with E-state index in [4.69, 9.17) is 8.83 Å². The molecule has 2 aliphatic rings. The number of amides is 1. The second-order valence-corrected chi connectivity index (χ2v) is 8.73. The Morgan fingerprint density at radius 1 is 1.14 bits per heavy atom. The predicted molar refractivity (Wildman–Crippen MR) is 117 cm³/mol. The van der Waals surface area contributed by atoms with Gasteiger partial charge in [0, 0.05) is 31.7 Å². The van der Waals surface area contributed by atoms with Gasteiger partial charge in [0.15, 0.2) is 23.1 Å². The number of aromatic nitrogens is 4. The summed E-state index contributed by atoms with van der Waals surface area (Å²) in [5.74, 6) is -2.11. The van der Waals surface area contributed by atoms with Gasteiger partial charge in [-0.15, -0.1) is 0 Å². The van der Waals surface area contributed by atoms with Gasteiger partial charge in [-0.3, -0.25) is 4.79 Å². The van der Waals surface area contributed by atoms with Gasteiger partial charge in [0.1, 0.15) is 11.7 Å². The lowest BCUT2D eigenvalue weighted by Crippen LogP contribution is -2.41. The van der Waals surface area contributed by atoms with Gasteiger partial charge < -0.3 is 23.6 Å². The first kappa shape index (κ1) is 22.6. The molecule has 4 aromatic rings. The number of aromatic amines is 1. The number of fused-ring (bicyclic) bond motifs is 2. The normalized spacial score (nSPS) is 18.9. The molecule has 5 heterocycles. The van der Waals surface area contributed by atoms with Crippen LogP contribution in [0.15, 0.2) is 33.4 Å². The summed E-state index contributed by atoms with van der Waals surface area (Å²) in [6, 6.07) is 3.09. The third-order valence-electron chi connectivity index (χ3n) is 6.54. The molecular formula is C23H20F4N6O3. The Bertz CT molecular complexity index is 1420. The lowest BCUT2D eigenvalue weighted by molar-refractivity contribution is 0.0620. The number of alkyl halides is 3. The summed E-state index contributed by atoms with van der Waals surface area (Å²) < 4.78 is 67.0. The number of nitrogens with one attached hydrogen (secondary N) is 1. The smallest absolute Gasteiger partial charge is 0.298 e. The summed E-state index contributed by atoms with van der Waals surface area (Å²) in [4.78, 5) is 32.0. The average Bonchev–Trinajstić information content (AvgIpc) is 3.61. The van der Waals surface area contributed by atoms with E-state index < -0.39 is 41.8 Å². The van der Waals surface area contributed by atoms with Crippen molar-refractivity contribution in [3.8, 4) is 0 Å². The minimum atomic E-state index is -3.08. The van der Waals surface area contributed by atoms with Crippen LogP contribution in [0.4, 0.5) is 23.6 Å². The molecule has 9 nitrogen and oxygen atoms in total. The van der Waals surface area contributed by atoms with Crippen LogP contribution in [0, 0.1) is 5.82 Å². The van der Waals surface area contributed by atoms with Crippen LogP contribution in [-0.2, 0) is 6.42 Å². The summed E-state index contributed by atoms with van der Waals surface area (Å²) in [5, 5.41) is 0. The van der Waals surface area contributed by atoms with Gasteiger partial charge in [-0.05, 0) is 25.0 Å². The van der Waals surface area contributed by atoms with Crippen molar-refractivity contribution in [2.75, 3.05) is 24.5 Å². The molecule has 0 saturated carbocycles. The van der Waals surface area contributed by atoms with Crippen molar-refractivity contribution < 1.29 is 31.2 Å². The van der Waals surface area contributed by atoms with Crippen molar-refractivity contribution in [2.24, 2.45) is 0 Å². The molecule has 0 aliphatic carbocycles. The first-order valence-corrected chi connectivity index (χ1v) is 11.5. The van der Waals surface area contributed by atoms with Crippen molar-refractivity contribution in [1.29, 1.82) is 0 Å². The molecule has 1 amide bonds. The predicted octanol–water partition coefficient (Wildman–Crippen LogP) is 4.34. The highest BCUT2D eigenvalue weighted by Gasteiger charge is 2.41. The molecule has 3 aromatic heterocycles. The first-order valence-electron chi connectivity index (χ1n) is 11.5. The maximum absolute atomic E-state index is 14.3. The molecule has 1 N–H and O–H groups in total. The molecule has 0 unspecified atom stereocenters. The number of imidazole rings is 1. The quantitative estimate of drug-likeness (QED) is 0.412. The number of halogens is 4. The van der Waals surface area contributed by atoms with E-state index in [9.17, 15) is 22.4 Å². The SMILES string of the molecule is O=C(c1oc(N2CCC(F)CC2)nc1C(F)F)N1CCc2[nH]cnc2[C@H]1c1nc2cccc(F)c2o1. The van der Waals surface area contributed by atoms with E-state index in [-0.39, 0.29) is 55.5 Å². The monoisotopic (exact) mass is 504 g/mol. The standard InChI is InChI=1S/C23H20F4N6O3/c24-11-4-7-32(8-5-11)23-31-16(20(26)27)19(36-23)22(34)33-9-6-13-15(29-10-28-13)17(33)21-30-14-3-1-2-12(25)18(14)35-21/h1-3,10-11,17,20H,4-9H2,(H,28,29)/t17-/m0/s1. The summed E-state index contributed by atoms with van der Waals surface area (Å²) in [6.07, 6.45) is -1.84. The van der Waals surface area contributed by atoms with Crippen molar-refractivity contribution >= 4 is 23.0 Å². The second-order valence-electron chi connectivity index (χ2n) is 8.73. The molecule has 6 rings (SSSR count). The summed E-state index contributed by atoms with van der Waals surface area (Å²) in [7, 11) is 0. The molecule has 0 spiro atoms. The highest BCUT2D eigenvalue weighted by molar-refractivity contribution is 5.93. The van der Waals surface area contributed by atoms with E-state index in [1.165, 1.54) is 23.4 Å². The van der Waals surface area contributed by atoms with E-state index in [1.807, 2.05) is 0 Å². The van der Waals surface area contributed by atoms with Crippen LogP contribution in [0.5, 0.6) is 0 Å². The summed E-state index contributed by atoms with van der Waals surface area (Å²) in [5.41, 5.74) is 0.478. The number of anilines is 1. The molecule has 188 valence electrons. The van der Waals surface area contributed by atoms with Crippen molar-refractivity contribution in [1.82, 2.24) is 24.8 Å². The van der Waals surface area contributed by atoms with Gasteiger partial charge in [0.2, 0.25) is 11.7 Å². The molecule has 1 atom stereocenters. The van der Waals surface area contributed by atoms with Crippen LogP contribution in [-0.4, -0.2) is 56.5 Å². The zero-order chi connectivity index (χ0) is 25.0. The van der Waals surface area contributed by atoms with E-state index in [0.717, 1.165) is 0 Å². The number of benzene rings is 1. The molecule has 1 aromatic carbocycles. The zero-order valence-electron chi connectivity index (χ0n) is 18.8. The molecule has 36 heavy (non-hydrogen) atoms. The summed E-state index contributed by atoms with van der Waals surface area (Å²) in [6.45, 7) is 0.566. The summed E-state index contributed by atoms with van der Waals surface area (Å²) >= 11 is 0. The third-order valence-corrected chi connectivity index (χ3v) is 6.54. The van der Waals surface area contributed by atoms with Gasteiger partial charge in [-0.25, -0.2) is 27.5 Å². The number of para-hydroxylation sites is 1. The highest BCUT2D eigenvalue weighted by Crippen LogP contribution is 2.38. The van der Waals surface area contributed by atoms with E-state index >= 15 is 0 Å². The van der Waals surface area contributed by atoms with E-state index in [2.05, 4.69) is 19.9 Å². The van der Waals surface area contributed by atoms with Gasteiger partial charge in [-0.2, -0.15) is 4.98 Å². The van der Waals surface area contributed by atoms with Crippen LogP contribution in [0.3, 0.4) is 0 Å². The second kappa shape index (κ2) is 8.64. The molecule has 0 radical (unpaired) electrons. The van der Waals surface area contributed by atoms with Crippen LogP contribution < -0.4 is 4.90 Å². The number of carbonyl (C=O) groups excluding carboxylic acids is 1. The lowest BCUT2D eigenvalue weighted by atomic mass is 10.0. The number of rotatable bonds is 4. The zero-order valence-corrected chi connectivity index (χ0v) is 18.8. The van der Waals surface area contributed by atoms with Gasteiger partial charge in [-0.1, -0.05) is 6.07 Å². The minimum absolute atomic E-state index is 0.0140. The van der Waals surface area contributed by atoms with Crippen LogP contribution in [0.25, 0.3) is 11.1 Å². The number of nitrogens with zero attached hydrogens (tertiary/aromatic N) is 5. The van der Waals surface area contributed by atoms with Crippen LogP contribution >= 0.6 is 0 Å². The molecule has 0 bridgehead atoms. The fourth-order valence-electron chi connectivity index (χ4n) is 4.72. The van der Waals surface area contributed by atoms with Gasteiger partial charge in [0.25, 0.3) is 18.3 Å². The number of hydrogen-bond acceptors (Lipinski definition) is 7. The Morgan fingerprint density at radius 3 is 2.69 bits per heavy atom. The third kappa shape index (κ3) is 3.69. The van der Waals surface area contributed by atoms with Crippen molar-refractivity contribution in [3.63, 3.8) is 0 Å². The lowest BCUT2D eigenvalue weighted by Gasteiger charge is -2.32. The number of H-pyrrole nitrogens is 1. The highest BCUT2D eigenvalue weighted by atomic mass is 19.3. The minimum Gasteiger partial charge on any atom is -0.435 e. The largest absolute Gasteiger partial charge is 0.435 e. The Morgan fingerprint density at radius 2 is 1.94 bits per heavy atom.